The predicted molar refractivity (Wildman–Crippen MR) is 96.8 cm³/mol. The lowest BCUT2D eigenvalue weighted by molar-refractivity contribution is 0.400. The van der Waals surface area contributed by atoms with Gasteiger partial charge in [0.05, 0.1) is 7.11 Å². The van der Waals surface area contributed by atoms with E-state index in [4.69, 9.17) is 10.5 Å². The van der Waals surface area contributed by atoms with Gasteiger partial charge in [-0.2, -0.15) is 4.98 Å². The van der Waals surface area contributed by atoms with Crippen LogP contribution in [-0.4, -0.2) is 42.6 Å². The molecule has 0 radical (unpaired) electrons. The number of aryl methyl sites for hydroxylation is 1. The molecule has 1 aromatic heterocycles. The van der Waals surface area contributed by atoms with Crippen LogP contribution in [0.2, 0.25) is 0 Å². The number of nitrogens with two attached hydrogens (primary N) is 1. The minimum Gasteiger partial charge on any atom is -0.497 e. The number of hydrogen-bond donors (Lipinski definition) is 2. The fourth-order valence-corrected chi connectivity index (χ4v) is 2.13. The minimum absolute atomic E-state index is 0. The van der Waals surface area contributed by atoms with E-state index in [2.05, 4.69) is 34.3 Å². The molecule has 0 amide bonds. The van der Waals surface area contributed by atoms with Gasteiger partial charge in [-0.05, 0) is 45.6 Å². The lowest BCUT2D eigenvalue weighted by atomic mass is 10.1. The Bertz CT molecular complexity index is 621. The van der Waals surface area contributed by atoms with E-state index >= 15 is 0 Å². The summed E-state index contributed by atoms with van der Waals surface area (Å²) in [7, 11) is 5.78. The molecule has 0 spiro atoms. The molecular formula is C16H24ClN5O. The van der Waals surface area contributed by atoms with Crippen LogP contribution in [0.4, 0.5) is 17.5 Å². The molecule has 23 heavy (non-hydrogen) atoms. The van der Waals surface area contributed by atoms with Crippen LogP contribution in [0, 0.1) is 0 Å². The van der Waals surface area contributed by atoms with E-state index in [0.29, 0.717) is 0 Å². The van der Waals surface area contributed by atoms with Gasteiger partial charge in [0, 0.05) is 23.5 Å². The molecule has 2 aromatic rings. The highest BCUT2D eigenvalue weighted by atomic mass is 35.5. The molecule has 7 heteroatoms. The fraction of sp³-hybridized carbons (Fsp3) is 0.375. The first-order chi connectivity index (χ1) is 10.6. The van der Waals surface area contributed by atoms with Crippen LogP contribution in [-0.2, 0) is 6.42 Å². The van der Waals surface area contributed by atoms with Crippen LogP contribution in [0.3, 0.4) is 0 Å². The molecule has 1 heterocycles. The summed E-state index contributed by atoms with van der Waals surface area (Å²) in [5.41, 5.74) is 7.68. The number of benzene rings is 1. The zero-order valence-electron chi connectivity index (χ0n) is 13.7. The van der Waals surface area contributed by atoms with Crippen molar-refractivity contribution in [3.8, 4) is 5.75 Å². The molecule has 0 saturated carbocycles. The van der Waals surface area contributed by atoms with Crippen molar-refractivity contribution in [3.63, 3.8) is 0 Å². The molecular weight excluding hydrogens is 314 g/mol. The first kappa shape index (κ1) is 19.0. The van der Waals surface area contributed by atoms with Crippen LogP contribution >= 0.6 is 12.4 Å². The number of hydrogen-bond acceptors (Lipinski definition) is 6. The van der Waals surface area contributed by atoms with Gasteiger partial charge in [-0.1, -0.05) is 6.07 Å². The summed E-state index contributed by atoms with van der Waals surface area (Å²) in [4.78, 5) is 10.6. The maximum atomic E-state index is 5.72. The van der Waals surface area contributed by atoms with Gasteiger partial charge in [0.15, 0.2) is 0 Å². The molecule has 126 valence electrons. The molecule has 0 saturated heterocycles. The highest BCUT2D eigenvalue weighted by molar-refractivity contribution is 5.85. The van der Waals surface area contributed by atoms with Gasteiger partial charge in [0.25, 0.3) is 0 Å². The van der Waals surface area contributed by atoms with Gasteiger partial charge in [-0.3, -0.25) is 0 Å². The number of anilines is 3. The standard InChI is InChI=1S/C16H23N5O.ClH/c1-21(2)9-5-6-12-11-18-16(17)20-15(12)19-13-7-4-8-14(10-13)22-3;/h4,7-8,10-11H,5-6,9H2,1-3H3,(H3,17,18,19,20);1H. The normalized spacial score (nSPS) is 10.3. The van der Waals surface area contributed by atoms with E-state index in [0.717, 1.165) is 42.2 Å². The second-order valence-corrected chi connectivity index (χ2v) is 5.37. The number of nitrogens with one attached hydrogen (secondary N) is 1. The van der Waals surface area contributed by atoms with E-state index in [1.165, 1.54) is 0 Å². The molecule has 0 atom stereocenters. The van der Waals surface area contributed by atoms with Crippen LogP contribution < -0.4 is 15.8 Å². The molecule has 0 aliphatic carbocycles. The van der Waals surface area contributed by atoms with Crippen molar-refractivity contribution in [1.82, 2.24) is 14.9 Å². The topological polar surface area (TPSA) is 76.3 Å². The molecule has 0 aliphatic rings. The van der Waals surface area contributed by atoms with Crippen molar-refractivity contribution >= 4 is 29.9 Å². The maximum Gasteiger partial charge on any atom is 0.221 e. The molecule has 0 fully saturated rings. The number of methoxy groups -OCH3 is 1. The number of nitrogens with zero attached hydrogens (tertiary/aromatic N) is 3. The third-order valence-electron chi connectivity index (χ3n) is 3.27. The Morgan fingerprint density at radius 2 is 2.09 bits per heavy atom. The monoisotopic (exact) mass is 337 g/mol. The summed E-state index contributed by atoms with van der Waals surface area (Å²) in [5, 5.41) is 3.30. The first-order valence-electron chi connectivity index (χ1n) is 7.25. The lowest BCUT2D eigenvalue weighted by Crippen LogP contribution is -2.14. The summed E-state index contributed by atoms with van der Waals surface area (Å²) in [5.74, 6) is 1.81. The largest absolute Gasteiger partial charge is 0.497 e. The third kappa shape index (κ3) is 5.92. The second-order valence-electron chi connectivity index (χ2n) is 5.37. The average molecular weight is 338 g/mol. The van der Waals surface area contributed by atoms with Crippen molar-refractivity contribution in [1.29, 1.82) is 0 Å². The summed E-state index contributed by atoms with van der Waals surface area (Å²) < 4.78 is 5.23. The molecule has 2 rings (SSSR count). The smallest absolute Gasteiger partial charge is 0.221 e. The Hall–Kier alpha value is -2.05. The number of halogens is 1. The van der Waals surface area contributed by atoms with Crippen LogP contribution in [0.5, 0.6) is 5.75 Å². The Labute approximate surface area is 143 Å². The van der Waals surface area contributed by atoms with Crippen molar-refractivity contribution in [3.05, 3.63) is 36.0 Å². The van der Waals surface area contributed by atoms with Crippen molar-refractivity contribution in [2.45, 2.75) is 12.8 Å². The first-order valence-corrected chi connectivity index (χ1v) is 7.25. The Balaban J connectivity index is 0.00000264. The number of nitrogen functional groups attached to an aromatic ring is 1. The van der Waals surface area contributed by atoms with Crippen LogP contribution in [0.1, 0.15) is 12.0 Å². The van der Waals surface area contributed by atoms with Gasteiger partial charge < -0.3 is 20.7 Å². The Morgan fingerprint density at radius 1 is 1.30 bits per heavy atom. The van der Waals surface area contributed by atoms with Gasteiger partial charge in [-0.15, -0.1) is 12.4 Å². The highest BCUT2D eigenvalue weighted by Gasteiger charge is 2.07. The summed E-state index contributed by atoms with van der Waals surface area (Å²) in [6, 6.07) is 7.71. The maximum absolute atomic E-state index is 5.72. The zero-order chi connectivity index (χ0) is 15.9. The second kappa shape index (κ2) is 9.17. The van der Waals surface area contributed by atoms with Crippen molar-refractivity contribution < 1.29 is 4.74 Å². The van der Waals surface area contributed by atoms with Gasteiger partial charge in [-0.25, -0.2) is 4.98 Å². The van der Waals surface area contributed by atoms with E-state index in [-0.39, 0.29) is 18.4 Å². The third-order valence-corrected chi connectivity index (χ3v) is 3.27. The predicted octanol–water partition coefficient (Wildman–Crippen LogP) is 2.73. The lowest BCUT2D eigenvalue weighted by Gasteiger charge is -2.13. The summed E-state index contributed by atoms with van der Waals surface area (Å²) in [6.07, 6.45) is 3.72. The summed E-state index contributed by atoms with van der Waals surface area (Å²) in [6.45, 7) is 1.02. The van der Waals surface area contributed by atoms with Gasteiger partial charge in [0.2, 0.25) is 5.95 Å². The van der Waals surface area contributed by atoms with E-state index in [1.807, 2.05) is 24.3 Å². The SMILES string of the molecule is COc1cccc(Nc2nc(N)ncc2CCCN(C)C)c1.Cl. The quantitative estimate of drug-likeness (QED) is 0.809. The van der Waals surface area contributed by atoms with E-state index in [9.17, 15) is 0 Å². The van der Waals surface area contributed by atoms with E-state index < -0.39 is 0 Å². The van der Waals surface area contributed by atoms with Crippen molar-refractivity contribution in [2.75, 3.05) is 38.8 Å². The minimum atomic E-state index is 0. The zero-order valence-corrected chi connectivity index (χ0v) is 14.6. The molecule has 0 aliphatic heterocycles. The summed E-state index contributed by atoms with van der Waals surface area (Å²) >= 11 is 0. The van der Waals surface area contributed by atoms with Crippen LogP contribution in [0.15, 0.2) is 30.5 Å². The van der Waals surface area contributed by atoms with Gasteiger partial charge in [0.1, 0.15) is 11.6 Å². The van der Waals surface area contributed by atoms with Crippen molar-refractivity contribution in [2.24, 2.45) is 0 Å². The Kier molecular flexibility index (Phi) is 7.57. The van der Waals surface area contributed by atoms with E-state index in [1.54, 1.807) is 13.3 Å². The number of aromatic nitrogens is 2. The molecule has 0 unspecified atom stereocenters. The molecule has 0 bridgehead atoms. The number of rotatable bonds is 7. The van der Waals surface area contributed by atoms with Crippen LogP contribution in [0.25, 0.3) is 0 Å². The molecule has 6 nitrogen and oxygen atoms in total. The molecule has 3 N–H and O–H groups in total. The fourth-order valence-electron chi connectivity index (χ4n) is 2.13. The molecule has 1 aromatic carbocycles. The number of ether oxygens (including phenoxy) is 1. The average Bonchev–Trinajstić information content (AvgIpc) is 2.49. The van der Waals surface area contributed by atoms with Gasteiger partial charge >= 0.3 is 0 Å². The highest BCUT2D eigenvalue weighted by Crippen LogP contribution is 2.23. The Morgan fingerprint density at radius 3 is 2.78 bits per heavy atom.